The fourth-order valence-corrected chi connectivity index (χ4v) is 2.58. The van der Waals surface area contributed by atoms with Gasteiger partial charge in [0.25, 0.3) is 0 Å². The Bertz CT molecular complexity index is 346. The van der Waals surface area contributed by atoms with Gasteiger partial charge in [0, 0.05) is 16.8 Å². The topological polar surface area (TPSA) is 49.3 Å². The van der Waals surface area contributed by atoms with Crippen LogP contribution in [0.5, 0.6) is 0 Å². The predicted octanol–water partition coefficient (Wildman–Crippen LogP) is 2.87. The first-order chi connectivity index (χ1) is 7.97. The van der Waals surface area contributed by atoms with Gasteiger partial charge in [-0.1, -0.05) is 33.3 Å². The summed E-state index contributed by atoms with van der Waals surface area (Å²) < 4.78 is 0. The molecule has 17 heavy (non-hydrogen) atoms. The number of aliphatic carboxylic acids is 1. The molecule has 1 atom stereocenters. The second-order valence-corrected chi connectivity index (χ2v) is 5.87. The van der Waals surface area contributed by atoms with Crippen LogP contribution in [0.4, 0.5) is 0 Å². The SMILES string of the molecule is CCCC(NCC(C)(C)c1cccs1)C(=O)O. The molecule has 1 heterocycles. The zero-order valence-electron chi connectivity index (χ0n) is 10.7. The molecule has 96 valence electrons. The van der Waals surface area contributed by atoms with E-state index >= 15 is 0 Å². The lowest BCUT2D eigenvalue weighted by Crippen LogP contribution is -2.43. The highest BCUT2D eigenvalue weighted by Crippen LogP contribution is 2.26. The first kappa shape index (κ1) is 14.2. The van der Waals surface area contributed by atoms with Crippen molar-refractivity contribution in [2.45, 2.75) is 45.1 Å². The lowest BCUT2D eigenvalue weighted by atomic mass is 9.91. The third kappa shape index (κ3) is 4.13. The van der Waals surface area contributed by atoms with Crippen molar-refractivity contribution in [1.82, 2.24) is 5.32 Å². The van der Waals surface area contributed by atoms with Crippen molar-refractivity contribution < 1.29 is 9.90 Å². The van der Waals surface area contributed by atoms with E-state index in [2.05, 4.69) is 30.6 Å². The molecule has 0 aliphatic rings. The molecule has 1 rings (SSSR count). The second-order valence-electron chi connectivity index (χ2n) is 4.92. The minimum atomic E-state index is -0.756. The number of hydrogen-bond acceptors (Lipinski definition) is 3. The number of thiophene rings is 1. The smallest absolute Gasteiger partial charge is 0.320 e. The predicted molar refractivity (Wildman–Crippen MR) is 71.7 cm³/mol. The van der Waals surface area contributed by atoms with Gasteiger partial charge in [0.15, 0.2) is 0 Å². The summed E-state index contributed by atoms with van der Waals surface area (Å²) in [5.74, 6) is -0.756. The van der Waals surface area contributed by atoms with Gasteiger partial charge in [0.2, 0.25) is 0 Å². The second kappa shape index (κ2) is 6.17. The zero-order chi connectivity index (χ0) is 12.9. The van der Waals surface area contributed by atoms with E-state index in [0.29, 0.717) is 13.0 Å². The Kier molecular flexibility index (Phi) is 5.15. The molecule has 4 heteroatoms. The minimum Gasteiger partial charge on any atom is -0.480 e. The molecule has 0 aliphatic heterocycles. The Balaban J connectivity index is 2.56. The number of carboxylic acids is 1. The maximum Gasteiger partial charge on any atom is 0.320 e. The van der Waals surface area contributed by atoms with Crippen molar-refractivity contribution in [3.63, 3.8) is 0 Å². The van der Waals surface area contributed by atoms with E-state index in [-0.39, 0.29) is 5.41 Å². The summed E-state index contributed by atoms with van der Waals surface area (Å²) in [5.41, 5.74) is -0.0182. The van der Waals surface area contributed by atoms with Gasteiger partial charge >= 0.3 is 5.97 Å². The number of nitrogens with one attached hydrogen (secondary N) is 1. The number of rotatable bonds is 7. The van der Waals surface area contributed by atoms with Crippen LogP contribution in [0, 0.1) is 0 Å². The molecule has 0 spiro atoms. The molecule has 1 aromatic heterocycles. The van der Waals surface area contributed by atoms with Crippen LogP contribution in [-0.4, -0.2) is 23.7 Å². The Morgan fingerprint density at radius 2 is 2.29 bits per heavy atom. The largest absolute Gasteiger partial charge is 0.480 e. The van der Waals surface area contributed by atoms with E-state index in [1.807, 2.05) is 13.0 Å². The summed E-state index contributed by atoms with van der Waals surface area (Å²) in [6.07, 6.45) is 1.55. The lowest BCUT2D eigenvalue weighted by Gasteiger charge is -2.26. The third-order valence-electron chi connectivity index (χ3n) is 2.85. The highest BCUT2D eigenvalue weighted by Gasteiger charge is 2.24. The molecule has 2 N–H and O–H groups in total. The van der Waals surface area contributed by atoms with Crippen LogP contribution in [0.1, 0.15) is 38.5 Å². The Morgan fingerprint density at radius 1 is 1.59 bits per heavy atom. The number of hydrogen-bond donors (Lipinski definition) is 2. The van der Waals surface area contributed by atoms with Crippen molar-refractivity contribution in [3.8, 4) is 0 Å². The highest BCUT2D eigenvalue weighted by molar-refractivity contribution is 7.10. The van der Waals surface area contributed by atoms with Gasteiger partial charge in [-0.15, -0.1) is 11.3 Å². The molecular weight excluding hydrogens is 234 g/mol. The Labute approximate surface area is 107 Å². The van der Waals surface area contributed by atoms with Gasteiger partial charge in [-0.2, -0.15) is 0 Å². The van der Waals surface area contributed by atoms with Crippen molar-refractivity contribution in [3.05, 3.63) is 22.4 Å². The van der Waals surface area contributed by atoms with Gasteiger partial charge in [-0.3, -0.25) is 4.79 Å². The van der Waals surface area contributed by atoms with Gasteiger partial charge in [0.1, 0.15) is 6.04 Å². The van der Waals surface area contributed by atoms with Crippen LogP contribution in [-0.2, 0) is 10.2 Å². The van der Waals surface area contributed by atoms with Crippen LogP contribution in [0.3, 0.4) is 0 Å². The van der Waals surface area contributed by atoms with Crippen LogP contribution in [0.25, 0.3) is 0 Å². The van der Waals surface area contributed by atoms with Gasteiger partial charge in [-0.25, -0.2) is 0 Å². The maximum atomic E-state index is 11.0. The van der Waals surface area contributed by atoms with Gasteiger partial charge < -0.3 is 10.4 Å². The quantitative estimate of drug-likeness (QED) is 0.787. The van der Waals surface area contributed by atoms with Crippen molar-refractivity contribution in [2.24, 2.45) is 0 Å². The molecule has 0 fully saturated rings. The van der Waals surface area contributed by atoms with E-state index in [1.165, 1.54) is 4.88 Å². The maximum absolute atomic E-state index is 11.0. The van der Waals surface area contributed by atoms with E-state index in [4.69, 9.17) is 5.11 Å². The van der Waals surface area contributed by atoms with Crippen molar-refractivity contribution in [2.75, 3.05) is 6.54 Å². The molecule has 0 aliphatic carbocycles. The lowest BCUT2D eigenvalue weighted by molar-refractivity contribution is -0.139. The molecule has 0 saturated heterocycles. The third-order valence-corrected chi connectivity index (χ3v) is 4.09. The molecule has 0 aromatic carbocycles. The van der Waals surface area contributed by atoms with Gasteiger partial charge in [-0.05, 0) is 17.9 Å². The summed E-state index contributed by atoms with van der Waals surface area (Å²) in [6.45, 7) is 6.96. The fraction of sp³-hybridized carbons (Fsp3) is 0.615. The first-order valence-electron chi connectivity index (χ1n) is 5.97. The van der Waals surface area contributed by atoms with E-state index in [1.54, 1.807) is 11.3 Å². The summed E-state index contributed by atoms with van der Waals surface area (Å²) in [7, 11) is 0. The molecule has 1 unspecified atom stereocenters. The zero-order valence-corrected chi connectivity index (χ0v) is 11.5. The van der Waals surface area contributed by atoms with Crippen molar-refractivity contribution in [1.29, 1.82) is 0 Å². The monoisotopic (exact) mass is 255 g/mol. The summed E-state index contributed by atoms with van der Waals surface area (Å²) >= 11 is 1.72. The van der Waals surface area contributed by atoms with Crippen LogP contribution in [0.15, 0.2) is 17.5 Å². The molecule has 0 bridgehead atoms. The van der Waals surface area contributed by atoms with Crippen LogP contribution >= 0.6 is 11.3 Å². The Morgan fingerprint density at radius 3 is 2.76 bits per heavy atom. The summed E-state index contributed by atoms with van der Waals surface area (Å²) in [5, 5.41) is 14.3. The van der Waals surface area contributed by atoms with E-state index in [9.17, 15) is 4.79 Å². The normalized spacial score (nSPS) is 13.6. The first-order valence-corrected chi connectivity index (χ1v) is 6.85. The number of carboxylic acid groups (broad SMARTS) is 1. The minimum absolute atomic E-state index is 0.0182. The molecule has 3 nitrogen and oxygen atoms in total. The van der Waals surface area contributed by atoms with E-state index < -0.39 is 12.0 Å². The number of carbonyl (C=O) groups is 1. The molecular formula is C13H21NO2S. The highest BCUT2D eigenvalue weighted by atomic mass is 32.1. The fourth-order valence-electron chi connectivity index (χ4n) is 1.73. The van der Waals surface area contributed by atoms with Crippen LogP contribution < -0.4 is 5.32 Å². The average molecular weight is 255 g/mol. The average Bonchev–Trinajstić information content (AvgIpc) is 2.77. The molecule has 0 saturated carbocycles. The van der Waals surface area contributed by atoms with Crippen molar-refractivity contribution >= 4 is 17.3 Å². The standard InChI is InChI=1S/C13H21NO2S/c1-4-6-10(12(15)16)14-9-13(2,3)11-7-5-8-17-11/h5,7-8,10,14H,4,6,9H2,1-3H3,(H,15,16). The summed E-state index contributed by atoms with van der Waals surface area (Å²) in [4.78, 5) is 12.3. The van der Waals surface area contributed by atoms with E-state index in [0.717, 1.165) is 6.42 Å². The molecule has 0 radical (unpaired) electrons. The molecule has 0 amide bonds. The summed E-state index contributed by atoms with van der Waals surface area (Å²) in [6, 6.07) is 3.70. The Hall–Kier alpha value is -0.870. The molecule has 1 aromatic rings. The van der Waals surface area contributed by atoms with Crippen LogP contribution in [0.2, 0.25) is 0 Å². The van der Waals surface area contributed by atoms with Gasteiger partial charge in [0.05, 0.1) is 0 Å².